The lowest BCUT2D eigenvalue weighted by molar-refractivity contribution is -0.106. The van der Waals surface area contributed by atoms with Gasteiger partial charge in [-0.15, -0.1) is 0 Å². The van der Waals surface area contributed by atoms with Crippen LogP contribution in [0.25, 0.3) is 0 Å². The van der Waals surface area contributed by atoms with Gasteiger partial charge in [-0.2, -0.15) is 0 Å². The minimum Gasteiger partial charge on any atom is -0.497 e. The molecule has 0 unspecified atom stereocenters. The van der Waals surface area contributed by atoms with Crippen molar-refractivity contribution in [1.82, 2.24) is 0 Å². The maximum Gasteiger partial charge on any atom is 0.147 e. The second kappa shape index (κ2) is 7.45. The van der Waals surface area contributed by atoms with Crippen LogP contribution in [-0.4, -0.2) is 25.5 Å². The molecular formula is C18H25NO3. The fourth-order valence-corrected chi connectivity index (χ4v) is 2.63. The average Bonchev–Trinajstić information content (AvgIpc) is 2.55. The Morgan fingerprint density at radius 3 is 2.50 bits per heavy atom. The molecule has 0 radical (unpaired) electrons. The first-order valence-electron chi connectivity index (χ1n) is 7.87. The first-order chi connectivity index (χ1) is 10.6. The van der Waals surface area contributed by atoms with Crippen LogP contribution in [0, 0.1) is 5.92 Å². The summed E-state index contributed by atoms with van der Waals surface area (Å²) in [6.07, 6.45) is 4.71. The molecule has 0 N–H and O–H groups in total. The Bertz CT molecular complexity index is 522. The molecule has 1 heterocycles. The van der Waals surface area contributed by atoms with Gasteiger partial charge < -0.3 is 4.74 Å². The largest absolute Gasteiger partial charge is 0.497 e. The van der Waals surface area contributed by atoms with E-state index in [0.29, 0.717) is 5.92 Å². The molecule has 4 heteroatoms. The zero-order chi connectivity index (χ0) is 16.1. The molecule has 0 fully saturated rings. The number of anilines is 1. The zero-order valence-corrected chi connectivity index (χ0v) is 13.8. The van der Waals surface area contributed by atoms with Crippen LogP contribution < -0.4 is 9.80 Å². The van der Waals surface area contributed by atoms with Crippen LogP contribution >= 0.6 is 0 Å². The lowest BCUT2D eigenvalue weighted by Gasteiger charge is -2.40. The molecule has 22 heavy (non-hydrogen) atoms. The Hall–Kier alpha value is -1.81. The van der Waals surface area contributed by atoms with Gasteiger partial charge in [0.25, 0.3) is 0 Å². The van der Waals surface area contributed by atoms with Crippen molar-refractivity contribution >= 4 is 12.0 Å². The van der Waals surface area contributed by atoms with Crippen molar-refractivity contribution in [3.63, 3.8) is 0 Å². The number of benzene rings is 1. The normalized spacial score (nSPS) is 21.7. The third-order valence-electron chi connectivity index (χ3n) is 3.94. The predicted molar refractivity (Wildman–Crippen MR) is 88.0 cm³/mol. The molecule has 0 amide bonds. The van der Waals surface area contributed by atoms with Gasteiger partial charge in [0.05, 0.1) is 18.8 Å². The fraction of sp³-hybridized carbons (Fsp3) is 0.500. The van der Waals surface area contributed by atoms with Gasteiger partial charge >= 0.3 is 0 Å². The first kappa shape index (κ1) is 16.6. The van der Waals surface area contributed by atoms with E-state index in [1.165, 1.54) is 0 Å². The third kappa shape index (κ3) is 3.50. The number of hydrogen-bond donors (Lipinski definition) is 0. The van der Waals surface area contributed by atoms with Crippen LogP contribution in [0.4, 0.5) is 5.69 Å². The van der Waals surface area contributed by atoms with Crippen LogP contribution in [0.5, 0.6) is 5.75 Å². The Labute approximate surface area is 132 Å². The second-order valence-corrected chi connectivity index (χ2v) is 5.93. The second-order valence-electron chi connectivity index (χ2n) is 5.93. The third-order valence-corrected chi connectivity index (χ3v) is 3.94. The maximum atomic E-state index is 11.5. The number of hydrogen-bond acceptors (Lipinski definition) is 4. The van der Waals surface area contributed by atoms with Gasteiger partial charge in [-0.3, -0.25) is 9.63 Å². The van der Waals surface area contributed by atoms with Gasteiger partial charge in [-0.1, -0.05) is 27.2 Å². The number of hydroxylamine groups is 1. The smallest absolute Gasteiger partial charge is 0.147 e. The molecule has 2 atom stereocenters. The standard InChI is InChI=1S/C18H25NO3/c1-5-6-17-14(12-20)11-18(13(2)3)22-19(17)15-7-9-16(21-4)10-8-15/h7-13,17-18H,5-6H2,1-4H3/t17-,18+/m1/s1. The molecule has 1 aromatic carbocycles. The highest BCUT2D eigenvalue weighted by atomic mass is 16.7. The summed E-state index contributed by atoms with van der Waals surface area (Å²) >= 11 is 0. The summed E-state index contributed by atoms with van der Waals surface area (Å²) in [6.45, 7) is 6.30. The first-order valence-corrected chi connectivity index (χ1v) is 7.87. The van der Waals surface area contributed by atoms with E-state index in [9.17, 15) is 4.79 Å². The van der Waals surface area contributed by atoms with E-state index in [0.717, 1.165) is 36.1 Å². The molecule has 0 aliphatic carbocycles. The van der Waals surface area contributed by atoms with Gasteiger partial charge in [0.1, 0.15) is 18.1 Å². The number of rotatable bonds is 6. The molecular weight excluding hydrogens is 278 g/mol. The van der Waals surface area contributed by atoms with E-state index in [-0.39, 0.29) is 12.1 Å². The molecule has 0 aromatic heterocycles. The van der Waals surface area contributed by atoms with Crippen molar-refractivity contribution in [3.05, 3.63) is 35.9 Å². The monoisotopic (exact) mass is 303 g/mol. The summed E-state index contributed by atoms with van der Waals surface area (Å²) in [5.41, 5.74) is 1.75. The lowest BCUT2D eigenvalue weighted by Crippen LogP contribution is -2.45. The number of aldehydes is 1. The van der Waals surface area contributed by atoms with Crippen LogP contribution in [-0.2, 0) is 9.63 Å². The molecule has 2 rings (SSSR count). The van der Waals surface area contributed by atoms with Crippen molar-refractivity contribution in [1.29, 1.82) is 0 Å². The highest BCUT2D eigenvalue weighted by molar-refractivity contribution is 5.77. The number of ether oxygens (including phenoxy) is 1. The minimum atomic E-state index is -0.0876. The Balaban J connectivity index is 2.36. The summed E-state index contributed by atoms with van der Waals surface area (Å²) in [5.74, 6) is 1.11. The summed E-state index contributed by atoms with van der Waals surface area (Å²) in [5, 5.41) is 1.89. The SMILES string of the molecule is CCC[C@@H]1C(C=O)=C[C@@H](C(C)C)ON1c1ccc(OC)cc1. The molecule has 1 aromatic rings. The van der Waals surface area contributed by atoms with Gasteiger partial charge in [0.15, 0.2) is 0 Å². The number of carbonyl (C=O) groups is 1. The summed E-state index contributed by atoms with van der Waals surface area (Å²) < 4.78 is 5.21. The van der Waals surface area contributed by atoms with Crippen LogP contribution in [0.3, 0.4) is 0 Å². The molecule has 0 bridgehead atoms. The summed E-state index contributed by atoms with van der Waals surface area (Å²) in [6, 6.07) is 7.71. The summed E-state index contributed by atoms with van der Waals surface area (Å²) in [4.78, 5) is 17.7. The van der Waals surface area contributed by atoms with E-state index in [1.54, 1.807) is 7.11 Å². The molecule has 1 aliphatic rings. The zero-order valence-electron chi connectivity index (χ0n) is 13.8. The number of nitrogens with zero attached hydrogens (tertiary/aromatic N) is 1. The van der Waals surface area contributed by atoms with Crippen LogP contribution in [0.2, 0.25) is 0 Å². The van der Waals surface area contributed by atoms with Gasteiger partial charge in [-0.25, -0.2) is 5.06 Å². The molecule has 0 spiro atoms. The maximum absolute atomic E-state index is 11.5. The number of carbonyl (C=O) groups excluding carboxylic acids is 1. The number of methoxy groups -OCH3 is 1. The van der Waals surface area contributed by atoms with E-state index < -0.39 is 0 Å². The van der Waals surface area contributed by atoms with Crippen molar-refractivity contribution in [2.24, 2.45) is 5.92 Å². The van der Waals surface area contributed by atoms with E-state index in [4.69, 9.17) is 9.57 Å². The Kier molecular flexibility index (Phi) is 5.61. The van der Waals surface area contributed by atoms with Crippen molar-refractivity contribution < 1.29 is 14.4 Å². The van der Waals surface area contributed by atoms with Gasteiger partial charge in [-0.05, 0) is 42.7 Å². The lowest BCUT2D eigenvalue weighted by atomic mass is 9.96. The van der Waals surface area contributed by atoms with E-state index >= 15 is 0 Å². The van der Waals surface area contributed by atoms with Crippen molar-refractivity contribution in [2.75, 3.05) is 12.2 Å². The van der Waals surface area contributed by atoms with E-state index in [1.807, 2.05) is 35.4 Å². The fourth-order valence-electron chi connectivity index (χ4n) is 2.63. The van der Waals surface area contributed by atoms with Gasteiger partial charge in [0.2, 0.25) is 0 Å². The van der Waals surface area contributed by atoms with Crippen molar-refractivity contribution in [2.45, 2.75) is 45.8 Å². The molecule has 0 saturated carbocycles. The minimum absolute atomic E-state index is 0.0362. The molecule has 120 valence electrons. The van der Waals surface area contributed by atoms with Gasteiger partial charge in [0, 0.05) is 5.57 Å². The summed E-state index contributed by atoms with van der Waals surface area (Å²) in [7, 11) is 1.65. The van der Waals surface area contributed by atoms with Crippen LogP contribution in [0.15, 0.2) is 35.9 Å². The highest BCUT2D eigenvalue weighted by Crippen LogP contribution is 2.31. The Morgan fingerprint density at radius 2 is 2.00 bits per heavy atom. The average molecular weight is 303 g/mol. The molecule has 0 saturated heterocycles. The molecule has 4 nitrogen and oxygen atoms in total. The van der Waals surface area contributed by atoms with Crippen LogP contribution in [0.1, 0.15) is 33.6 Å². The van der Waals surface area contributed by atoms with Crippen molar-refractivity contribution in [3.8, 4) is 5.75 Å². The predicted octanol–water partition coefficient (Wildman–Crippen LogP) is 3.77. The van der Waals surface area contributed by atoms with E-state index in [2.05, 4.69) is 20.8 Å². The molecule has 1 aliphatic heterocycles. The quantitative estimate of drug-likeness (QED) is 0.750. The topological polar surface area (TPSA) is 38.8 Å². The Morgan fingerprint density at radius 1 is 1.32 bits per heavy atom. The highest BCUT2D eigenvalue weighted by Gasteiger charge is 2.32.